The molecule has 2 amide bonds. The molecule has 5 nitrogen and oxygen atoms in total. The van der Waals surface area contributed by atoms with Crippen molar-refractivity contribution in [2.75, 3.05) is 19.6 Å². The summed E-state index contributed by atoms with van der Waals surface area (Å²) in [6.07, 6.45) is 5.56. The van der Waals surface area contributed by atoms with E-state index in [4.69, 9.17) is 0 Å². The molecule has 1 saturated carbocycles. The molecule has 0 unspecified atom stereocenters. The van der Waals surface area contributed by atoms with E-state index in [0.29, 0.717) is 24.8 Å². The topological polar surface area (TPSA) is 56.4 Å². The van der Waals surface area contributed by atoms with Crippen molar-refractivity contribution in [3.63, 3.8) is 0 Å². The lowest BCUT2D eigenvalue weighted by molar-refractivity contribution is -0.137. The summed E-state index contributed by atoms with van der Waals surface area (Å²) in [6, 6.07) is 4.16. The molecule has 2 heterocycles. The standard InChI is InChI=1S/C16H23N3O2/c1-2-12-7-8-14(17-12)16(21)18-9-10-19(15(20)11-18)13-5-3-4-6-13/h7-8,13,17H,2-6,9-11H2,1H3. The van der Waals surface area contributed by atoms with E-state index in [1.54, 1.807) is 4.90 Å². The second-order valence-corrected chi connectivity index (χ2v) is 6.00. The van der Waals surface area contributed by atoms with Crippen LogP contribution >= 0.6 is 0 Å². The Kier molecular flexibility index (Phi) is 3.99. The summed E-state index contributed by atoms with van der Waals surface area (Å²) in [6.45, 7) is 3.58. The summed E-state index contributed by atoms with van der Waals surface area (Å²) in [5.74, 6) is 0.0397. The fourth-order valence-electron chi connectivity index (χ4n) is 3.40. The third-order valence-corrected chi connectivity index (χ3v) is 4.67. The summed E-state index contributed by atoms with van der Waals surface area (Å²) in [5.41, 5.74) is 1.64. The summed E-state index contributed by atoms with van der Waals surface area (Å²) >= 11 is 0. The maximum absolute atomic E-state index is 12.4. The van der Waals surface area contributed by atoms with Gasteiger partial charge in [0.05, 0.1) is 0 Å². The predicted octanol–water partition coefficient (Wildman–Crippen LogP) is 1.80. The number of amides is 2. The minimum atomic E-state index is -0.0610. The van der Waals surface area contributed by atoms with Gasteiger partial charge < -0.3 is 14.8 Å². The number of aromatic nitrogens is 1. The molecule has 1 aromatic heterocycles. The first-order valence-corrected chi connectivity index (χ1v) is 7.95. The van der Waals surface area contributed by atoms with Crippen LogP contribution in [0.4, 0.5) is 0 Å². The molecule has 0 bridgehead atoms. The van der Waals surface area contributed by atoms with Crippen LogP contribution in [-0.2, 0) is 11.2 Å². The van der Waals surface area contributed by atoms with Gasteiger partial charge in [0.25, 0.3) is 5.91 Å². The highest BCUT2D eigenvalue weighted by molar-refractivity contribution is 5.95. The van der Waals surface area contributed by atoms with Crippen molar-refractivity contribution in [1.82, 2.24) is 14.8 Å². The van der Waals surface area contributed by atoms with E-state index in [1.807, 2.05) is 24.0 Å². The zero-order valence-electron chi connectivity index (χ0n) is 12.6. The molecule has 2 aliphatic rings. The van der Waals surface area contributed by atoms with Crippen LogP contribution in [0.3, 0.4) is 0 Å². The number of rotatable bonds is 3. The second-order valence-electron chi connectivity index (χ2n) is 6.00. The number of carbonyl (C=O) groups excluding carboxylic acids is 2. The number of nitrogens with one attached hydrogen (secondary N) is 1. The average Bonchev–Trinajstić information content (AvgIpc) is 3.17. The van der Waals surface area contributed by atoms with Crippen molar-refractivity contribution in [2.45, 2.75) is 45.1 Å². The van der Waals surface area contributed by atoms with Crippen LogP contribution in [-0.4, -0.2) is 52.3 Å². The van der Waals surface area contributed by atoms with Crippen LogP contribution in [0.15, 0.2) is 12.1 Å². The number of hydrogen-bond donors (Lipinski definition) is 1. The zero-order valence-corrected chi connectivity index (χ0v) is 12.6. The molecule has 1 aliphatic carbocycles. The van der Waals surface area contributed by atoms with Crippen LogP contribution in [0.2, 0.25) is 0 Å². The molecule has 1 aliphatic heterocycles. The van der Waals surface area contributed by atoms with Crippen molar-refractivity contribution in [1.29, 1.82) is 0 Å². The minimum Gasteiger partial charge on any atom is -0.354 e. The van der Waals surface area contributed by atoms with E-state index in [-0.39, 0.29) is 18.4 Å². The van der Waals surface area contributed by atoms with Gasteiger partial charge in [-0.2, -0.15) is 0 Å². The van der Waals surface area contributed by atoms with E-state index < -0.39 is 0 Å². The number of carbonyl (C=O) groups is 2. The smallest absolute Gasteiger partial charge is 0.270 e. The molecule has 5 heteroatoms. The van der Waals surface area contributed by atoms with E-state index in [9.17, 15) is 9.59 Å². The fraction of sp³-hybridized carbons (Fsp3) is 0.625. The van der Waals surface area contributed by atoms with Gasteiger partial charge in [-0.15, -0.1) is 0 Å². The molecule has 1 saturated heterocycles. The third-order valence-electron chi connectivity index (χ3n) is 4.67. The summed E-state index contributed by atoms with van der Waals surface area (Å²) in [4.78, 5) is 31.5. The highest BCUT2D eigenvalue weighted by Crippen LogP contribution is 2.25. The summed E-state index contributed by atoms with van der Waals surface area (Å²) in [7, 11) is 0. The maximum atomic E-state index is 12.4. The van der Waals surface area contributed by atoms with Gasteiger partial charge in [-0.1, -0.05) is 19.8 Å². The van der Waals surface area contributed by atoms with E-state index in [1.165, 1.54) is 12.8 Å². The van der Waals surface area contributed by atoms with Gasteiger partial charge in [-0.3, -0.25) is 9.59 Å². The number of piperazine rings is 1. The number of hydrogen-bond acceptors (Lipinski definition) is 2. The highest BCUT2D eigenvalue weighted by Gasteiger charge is 2.33. The van der Waals surface area contributed by atoms with Crippen LogP contribution < -0.4 is 0 Å². The lowest BCUT2D eigenvalue weighted by Crippen LogP contribution is -2.54. The van der Waals surface area contributed by atoms with Crippen LogP contribution in [0, 0.1) is 0 Å². The molecule has 1 aromatic rings. The average molecular weight is 289 g/mol. The van der Waals surface area contributed by atoms with Gasteiger partial charge in [0.1, 0.15) is 12.2 Å². The maximum Gasteiger partial charge on any atom is 0.270 e. The lowest BCUT2D eigenvalue weighted by Gasteiger charge is -2.37. The quantitative estimate of drug-likeness (QED) is 0.922. The first kappa shape index (κ1) is 14.2. The fourth-order valence-corrected chi connectivity index (χ4v) is 3.40. The van der Waals surface area contributed by atoms with Crippen LogP contribution in [0.1, 0.15) is 48.8 Å². The van der Waals surface area contributed by atoms with Crippen molar-refractivity contribution in [2.24, 2.45) is 0 Å². The van der Waals surface area contributed by atoms with Crippen LogP contribution in [0.25, 0.3) is 0 Å². The number of nitrogens with zero attached hydrogens (tertiary/aromatic N) is 2. The first-order chi connectivity index (χ1) is 10.2. The Morgan fingerprint density at radius 3 is 2.67 bits per heavy atom. The van der Waals surface area contributed by atoms with Crippen molar-refractivity contribution >= 4 is 11.8 Å². The Morgan fingerprint density at radius 1 is 1.29 bits per heavy atom. The van der Waals surface area contributed by atoms with E-state index in [0.717, 1.165) is 25.0 Å². The zero-order chi connectivity index (χ0) is 14.8. The molecular formula is C16H23N3O2. The predicted molar refractivity (Wildman–Crippen MR) is 80.0 cm³/mol. The molecule has 3 rings (SSSR count). The molecule has 0 radical (unpaired) electrons. The summed E-state index contributed by atoms with van der Waals surface area (Å²) < 4.78 is 0. The Balaban J connectivity index is 1.63. The van der Waals surface area contributed by atoms with Gasteiger partial charge in [0.2, 0.25) is 5.91 Å². The van der Waals surface area contributed by atoms with E-state index >= 15 is 0 Å². The van der Waals surface area contributed by atoms with Crippen molar-refractivity contribution < 1.29 is 9.59 Å². The first-order valence-electron chi connectivity index (χ1n) is 7.95. The molecular weight excluding hydrogens is 266 g/mol. The molecule has 2 fully saturated rings. The van der Waals surface area contributed by atoms with Gasteiger partial charge in [-0.25, -0.2) is 0 Å². The Labute approximate surface area is 125 Å². The van der Waals surface area contributed by atoms with Gasteiger partial charge in [-0.05, 0) is 31.4 Å². The highest BCUT2D eigenvalue weighted by atomic mass is 16.2. The number of aryl methyl sites for hydroxylation is 1. The molecule has 114 valence electrons. The van der Waals surface area contributed by atoms with Gasteiger partial charge in [0, 0.05) is 24.8 Å². The molecule has 0 atom stereocenters. The van der Waals surface area contributed by atoms with E-state index in [2.05, 4.69) is 4.98 Å². The van der Waals surface area contributed by atoms with Crippen molar-refractivity contribution in [3.05, 3.63) is 23.5 Å². The number of H-pyrrole nitrogens is 1. The second kappa shape index (κ2) is 5.92. The number of aromatic amines is 1. The lowest BCUT2D eigenvalue weighted by atomic mass is 10.1. The minimum absolute atomic E-state index is 0.0610. The molecule has 0 aromatic carbocycles. The Morgan fingerprint density at radius 2 is 2.05 bits per heavy atom. The SMILES string of the molecule is CCc1ccc(C(=O)N2CCN(C3CCCC3)C(=O)C2)[nH]1. The third kappa shape index (κ3) is 2.82. The Hall–Kier alpha value is -1.78. The Bertz CT molecular complexity index is 531. The monoisotopic (exact) mass is 289 g/mol. The van der Waals surface area contributed by atoms with Gasteiger partial charge >= 0.3 is 0 Å². The molecule has 1 N–H and O–H groups in total. The largest absolute Gasteiger partial charge is 0.354 e. The molecule has 21 heavy (non-hydrogen) atoms. The molecule has 0 spiro atoms. The summed E-state index contributed by atoms with van der Waals surface area (Å²) in [5, 5.41) is 0. The van der Waals surface area contributed by atoms with Crippen LogP contribution in [0.5, 0.6) is 0 Å². The van der Waals surface area contributed by atoms with Gasteiger partial charge in [0.15, 0.2) is 0 Å². The van der Waals surface area contributed by atoms with Crippen molar-refractivity contribution in [3.8, 4) is 0 Å². The normalized spacial score (nSPS) is 20.3.